The van der Waals surface area contributed by atoms with Crippen LogP contribution in [0.25, 0.3) is 0 Å². The molecule has 0 amide bonds. The molecular formula is C14H18N4O2. The molecule has 6 nitrogen and oxygen atoms in total. The molecule has 2 rings (SSSR count). The maximum absolute atomic E-state index is 11.0. The van der Waals surface area contributed by atoms with Crippen molar-refractivity contribution in [1.82, 2.24) is 4.90 Å². The van der Waals surface area contributed by atoms with Gasteiger partial charge in [-0.15, -0.1) is 0 Å². The summed E-state index contributed by atoms with van der Waals surface area (Å²) in [6.45, 7) is 6.82. The summed E-state index contributed by atoms with van der Waals surface area (Å²) in [7, 11) is 2.08. The summed E-state index contributed by atoms with van der Waals surface area (Å²) >= 11 is 0. The quantitative estimate of drug-likeness (QED) is 0.609. The molecule has 20 heavy (non-hydrogen) atoms. The Balaban J connectivity index is 2.33. The van der Waals surface area contributed by atoms with Crippen LogP contribution in [-0.2, 0) is 0 Å². The van der Waals surface area contributed by atoms with Crippen molar-refractivity contribution in [2.24, 2.45) is 0 Å². The Morgan fingerprint density at radius 1 is 1.40 bits per heavy atom. The predicted molar refractivity (Wildman–Crippen MR) is 76.7 cm³/mol. The molecular weight excluding hydrogens is 256 g/mol. The van der Waals surface area contributed by atoms with Gasteiger partial charge in [0.25, 0.3) is 5.69 Å². The second-order valence-electron chi connectivity index (χ2n) is 5.73. The van der Waals surface area contributed by atoms with Crippen molar-refractivity contribution in [3.63, 3.8) is 0 Å². The number of benzene rings is 1. The first-order valence-electron chi connectivity index (χ1n) is 6.50. The minimum absolute atomic E-state index is 0.0148. The van der Waals surface area contributed by atoms with Gasteiger partial charge in [0.1, 0.15) is 11.6 Å². The molecule has 1 aliphatic heterocycles. The molecule has 1 aromatic carbocycles. The Hall–Kier alpha value is -2.13. The first-order valence-corrected chi connectivity index (χ1v) is 6.50. The maximum atomic E-state index is 11.0. The van der Waals surface area contributed by atoms with Crippen molar-refractivity contribution >= 4 is 11.4 Å². The Bertz CT molecular complexity index is 577. The fourth-order valence-electron chi connectivity index (χ4n) is 2.42. The number of nitro groups is 1. The molecule has 0 spiro atoms. The second kappa shape index (κ2) is 5.10. The third-order valence-electron chi connectivity index (χ3n) is 3.98. The van der Waals surface area contributed by atoms with Gasteiger partial charge in [0.15, 0.2) is 0 Å². The van der Waals surface area contributed by atoms with Crippen LogP contribution < -0.4 is 4.90 Å². The molecule has 0 bridgehead atoms. The Kier molecular flexibility index (Phi) is 3.64. The lowest BCUT2D eigenvalue weighted by molar-refractivity contribution is -0.385. The number of piperazine rings is 1. The minimum atomic E-state index is -0.497. The zero-order valence-corrected chi connectivity index (χ0v) is 12.0. The summed E-state index contributed by atoms with van der Waals surface area (Å²) in [4.78, 5) is 14.9. The van der Waals surface area contributed by atoms with Crippen molar-refractivity contribution in [1.29, 1.82) is 5.26 Å². The number of hydrogen-bond acceptors (Lipinski definition) is 5. The van der Waals surface area contributed by atoms with E-state index in [-0.39, 0.29) is 16.8 Å². The SMILES string of the molecule is CN1CCN(c2ccc(C#N)c([N+](=O)[O-])c2)CC1(C)C. The number of nitrogens with zero attached hydrogens (tertiary/aromatic N) is 4. The number of rotatable bonds is 2. The molecule has 1 heterocycles. The van der Waals surface area contributed by atoms with E-state index in [1.807, 2.05) is 6.07 Å². The summed E-state index contributed by atoms with van der Waals surface area (Å²) < 4.78 is 0. The topological polar surface area (TPSA) is 73.4 Å². The average molecular weight is 274 g/mol. The highest BCUT2D eigenvalue weighted by molar-refractivity contribution is 5.60. The highest BCUT2D eigenvalue weighted by atomic mass is 16.6. The third kappa shape index (κ3) is 2.58. The van der Waals surface area contributed by atoms with E-state index in [2.05, 4.69) is 30.7 Å². The number of hydrogen-bond donors (Lipinski definition) is 0. The molecule has 0 aliphatic carbocycles. The molecule has 106 valence electrons. The van der Waals surface area contributed by atoms with Gasteiger partial charge in [-0.1, -0.05) is 0 Å². The zero-order chi connectivity index (χ0) is 14.9. The van der Waals surface area contributed by atoms with E-state index in [9.17, 15) is 10.1 Å². The summed E-state index contributed by atoms with van der Waals surface area (Å²) in [6, 6.07) is 6.67. The zero-order valence-electron chi connectivity index (χ0n) is 12.0. The van der Waals surface area contributed by atoms with E-state index in [0.29, 0.717) is 0 Å². The van der Waals surface area contributed by atoms with Gasteiger partial charge in [0.05, 0.1) is 4.92 Å². The van der Waals surface area contributed by atoms with Crippen LogP contribution in [0.1, 0.15) is 19.4 Å². The highest BCUT2D eigenvalue weighted by Gasteiger charge is 2.31. The number of anilines is 1. The van der Waals surface area contributed by atoms with E-state index in [1.54, 1.807) is 6.07 Å². The number of nitriles is 1. The molecule has 6 heteroatoms. The van der Waals surface area contributed by atoms with Crippen LogP contribution in [0.2, 0.25) is 0 Å². The molecule has 0 N–H and O–H groups in total. The van der Waals surface area contributed by atoms with Crippen LogP contribution >= 0.6 is 0 Å². The second-order valence-corrected chi connectivity index (χ2v) is 5.73. The van der Waals surface area contributed by atoms with E-state index < -0.39 is 4.92 Å². The summed E-state index contributed by atoms with van der Waals surface area (Å²) in [6.07, 6.45) is 0. The van der Waals surface area contributed by atoms with Crippen molar-refractivity contribution < 1.29 is 4.92 Å². The maximum Gasteiger partial charge on any atom is 0.289 e. The molecule has 1 aliphatic rings. The lowest BCUT2D eigenvalue weighted by Crippen LogP contribution is -2.57. The Morgan fingerprint density at radius 3 is 2.65 bits per heavy atom. The summed E-state index contributed by atoms with van der Waals surface area (Å²) in [5, 5.41) is 19.9. The van der Waals surface area contributed by atoms with Gasteiger partial charge in [-0.2, -0.15) is 5.26 Å². The Labute approximate surface area is 118 Å². The monoisotopic (exact) mass is 274 g/mol. The van der Waals surface area contributed by atoms with Gasteiger partial charge < -0.3 is 4.90 Å². The molecule has 0 unspecified atom stereocenters. The predicted octanol–water partition coefficient (Wildman–Crippen LogP) is 2.00. The van der Waals surface area contributed by atoms with Gasteiger partial charge in [-0.3, -0.25) is 15.0 Å². The van der Waals surface area contributed by atoms with E-state index in [4.69, 9.17) is 5.26 Å². The number of likely N-dealkylation sites (N-methyl/N-ethyl adjacent to an activating group) is 1. The van der Waals surface area contributed by atoms with Crippen molar-refractivity contribution in [2.45, 2.75) is 19.4 Å². The Morgan fingerprint density at radius 2 is 2.10 bits per heavy atom. The van der Waals surface area contributed by atoms with Crippen LogP contribution in [0.4, 0.5) is 11.4 Å². The molecule has 0 saturated carbocycles. The van der Waals surface area contributed by atoms with Gasteiger partial charge in [0.2, 0.25) is 0 Å². The van der Waals surface area contributed by atoms with E-state index >= 15 is 0 Å². The van der Waals surface area contributed by atoms with Crippen molar-refractivity contribution in [2.75, 3.05) is 31.6 Å². The lowest BCUT2D eigenvalue weighted by atomic mass is 9.99. The smallest absolute Gasteiger partial charge is 0.289 e. The summed E-state index contributed by atoms with van der Waals surface area (Å²) in [5.74, 6) is 0. The molecule has 0 atom stereocenters. The van der Waals surface area contributed by atoms with Gasteiger partial charge >= 0.3 is 0 Å². The van der Waals surface area contributed by atoms with Crippen LogP contribution in [0.15, 0.2) is 18.2 Å². The third-order valence-corrected chi connectivity index (χ3v) is 3.98. The minimum Gasteiger partial charge on any atom is -0.368 e. The first kappa shape index (κ1) is 14.3. The molecule has 0 radical (unpaired) electrons. The fraction of sp³-hybridized carbons (Fsp3) is 0.500. The highest BCUT2D eigenvalue weighted by Crippen LogP contribution is 2.29. The van der Waals surface area contributed by atoms with Crippen LogP contribution in [-0.4, -0.2) is 42.0 Å². The van der Waals surface area contributed by atoms with Crippen molar-refractivity contribution in [3.05, 3.63) is 33.9 Å². The van der Waals surface area contributed by atoms with Gasteiger partial charge in [-0.25, -0.2) is 0 Å². The van der Waals surface area contributed by atoms with Crippen LogP contribution in [0.3, 0.4) is 0 Å². The van der Waals surface area contributed by atoms with Gasteiger partial charge in [-0.05, 0) is 33.0 Å². The fourth-order valence-corrected chi connectivity index (χ4v) is 2.42. The standard InChI is InChI=1S/C14H18N4O2/c1-14(2)10-17(7-6-16(14)3)12-5-4-11(9-15)13(8-12)18(19)20/h4-5,8H,6-7,10H2,1-3H3. The molecule has 1 fully saturated rings. The van der Waals surface area contributed by atoms with E-state index in [1.165, 1.54) is 12.1 Å². The van der Waals surface area contributed by atoms with Gasteiger partial charge in [0, 0.05) is 36.9 Å². The van der Waals surface area contributed by atoms with Crippen LogP contribution in [0, 0.1) is 21.4 Å². The largest absolute Gasteiger partial charge is 0.368 e. The molecule has 0 aromatic heterocycles. The first-order chi connectivity index (χ1) is 9.35. The normalized spacial score (nSPS) is 18.6. The van der Waals surface area contributed by atoms with Crippen LogP contribution in [0.5, 0.6) is 0 Å². The molecule has 1 aromatic rings. The lowest BCUT2D eigenvalue weighted by Gasteiger charge is -2.46. The molecule has 1 saturated heterocycles. The number of nitro benzene ring substituents is 1. The van der Waals surface area contributed by atoms with E-state index in [0.717, 1.165) is 25.3 Å². The van der Waals surface area contributed by atoms with Crippen molar-refractivity contribution in [3.8, 4) is 6.07 Å². The average Bonchev–Trinajstić information content (AvgIpc) is 2.41. The summed E-state index contributed by atoms with van der Waals surface area (Å²) in [5.41, 5.74) is 0.798.